The number of hydrogen-bond donors (Lipinski definition) is 5. The molecule has 4 aromatic carbocycles. The Bertz CT molecular complexity index is 2170. The highest BCUT2D eigenvalue weighted by molar-refractivity contribution is 6.34. The van der Waals surface area contributed by atoms with E-state index in [4.69, 9.17) is 11.5 Å². The Morgan fingerprint density at radius 3 is 1.59 bits per heavy atom. The third-order valence-corrected chi connectivity index (χ3v) is 7.80. The van der Waals surface area contributed by atoms with Gasteiger partial charge in [0.05, 0.1) is 37.8 Å². The first-order valence-electron chi connectivity index (χ1n) is 13.2. The number of nitrogens with zero attached hydrogens (tertiary/aromatic N) is 2. The Morgan fingerprint density at radius 2 is 1.02 bits per heavy atom. The van der Waals surface area contributed by atoms with Gasteiger partial charge < -0.3 is 26.8 Å². The van der Waals surface area contributed by atoms with Crippen LogP contribution in [0.25, 0.3) is 0 Å². The number of rotatable bonds is 2. The van der Waals surface area contributed by atoms with Crippen molar-refractivity contribution in [2.75, 3.05) is 11.5 Å². The first kappa shape index (κ1) is 30.8. The van der Waals surface area contributed by atoms with Crippen LogP contribution in [-0.4, -0.2) is 48.3 Å². The Hall–Kier alpha value is -6.64. The standard InChI is InChI=1S/C16H10N2O7.C15H12N2O4/c1-6-5-7(2)14(18(24)25)13-10(6)15(20)12-9(19)4-3-8(17(22)23)11(12)16(13)21;1-5-4-8(19)13(17)12-9(5)14(20)11-7(18)3-2-6(16)10(11)15(12)21/h3-5,19H,1-2H3;2-4,18-19H,16-17H2,1H3. The molecule has 0 saturated carbocycles. The number of benzene rings is 4. The molecule has 0 aliphatic heterocycles. The van der Waals surface area contributed by atoms with Gasteiger partial charge in [-0.25, -0.2) is 0 Å². The van der Waals surface area contributed by atoms with Crippen LogP contribution in [0.2, 0.25) is 0 Å². The molecule has 2 aliphatic rings. The van der Waals surface area contributed by atoms with E-state index in [9.17, 15) is 54.7 Å². The van der Waals surface area contributed by atoms with Gasteiger partial charge in [-0.2, -0.15) is 0 Å². The van der Waals surface area contributed by atoms with Crippen LogP contribution in [0.1, 0.15) is 80.4 Å². The largest absolute Gasteiger partial charge is 0.507 e. The lowest BCUT2D eigenvalue weighted by molar-refractivity contribution is -0.386. The zero-order chi connectivity index (χ0) is 34.1. The topological polar surface area (TPSA) is 267 Å². The highest BCUT2D eigenvalue weighted by Crippen LogP contribution is 2.43. The number of carbonyl (C=O) groups excluding carboxylic acids is 4. The molecule has 0 spiro atoms. The zero-order valence-corrected chi connectivity index (χ0v) is 24.1. The highest BCUT2D eigenvalue weighted by atomic mass is 16.6. The van der Waals surface area contributed by atoms with Crippen molar-refractivity contribution >= 4 is 45.9 Å². The van der Waals surface area contributed by atoms with Crippen molar-refractivity contribution in [3.8, 4) is 17.2 Å². The number of nitro benzene ring substituents is 2. The predicted molar refractivity (Wildman–Crippen MR) is 161 cm³/mol. The lowest BCUT2D eigenvalue weighted by Crippen LogP contribution is -2.25. The average molecular weight is 627 g/mol. The number of nitro groups is 2. The van der Waals surface area contributed by atoms with Crippen LogP contribution in [0.5, 0.6) is 17.2 Å². The van der Waals surface area contributed by atoms with Gasteiger partial charge in [0.1, 0.15) is 28.4 Å². The van der Waals surface area contributed by atoms with E-state index in [2.05, 4.69) is 0 Å². The molecule has 0 radical (unpaired) electrons. The minimum absolute atomic E-state index is 0.0673. The lowest BCUT2D eigenvalue weighted by atomic mass is 9.79. The van der Waals surface area contributed by atoms with Crippen molar-refractivity contribution < 1.29 is 44.3 Å². The Labute approximate surface area is 257 Å². The number of phenols is 3. The number of phenolic OH excluding ortho intramolecular Hbond substituents is 3. The first-order chi connectivity index (χ1) is 21.5. The Balaban J connectivity index is 0.000000184. The van der Waals surface area contributed by atoms with Gasteiger partial charge in [-0.1, -0.05) is 0 Å². The number of ketones is 4. The van der Waals surface area contributed by atoms with Gasteiger partial charge in [-0.3, -0.25) is 39.4 Å². The summed E-state index contributed by atoms with van der Waals surface area (Å²) in [6.07, 6.45) is 0. The number of nitrogen functional groups attached to an aromatic ring is 2. The predicted octanol–water partition coefficient (Wildman–Crippen LogP) is 3.95. The van der Waals surface area contributed by atoms with E-state index in [1.807, 2.05) is 0 Å². The average Bonchev–Trinajstić information content (AvgIpc) is 2.97. The molecule has 232 valence electrons. The molecule has 0 aromatic heterocycles. The lowest BCUT2D eigenvalue weighted by Gasteiger charge is -2.23. The summed E-state index contributed by atoms with van der Waals surface area (Å²) >= 11 is 0. The number of nitrogens with two attached hydrogens (primary N) is 2. The van der Waals surface area contributed by atoms with Gasteiger partial charge in [0, 0.05) is 28.4 Å². The summed E-state index contributed by atoms with van der Waals surface area (Å²) in [4.78, 5) is 71.9. The molecule has 4 aromatic rings. The van der Waals surface area contributed by atoms with E-state index in [-0.39, 0.29) is 56.3 Å². The molecule has 2 aliphatic carbocycles. The molecule has 0 saturated heterocycles. The fourth-order valence-electron chi connectivity index (χ4n) is 5.85. The molecule has 0 unspecified atom stereocenters. The van der Waals surface area contributed by atoms with Gasteiger partial charge >= 0.3 is 0 Å². The van der Waals surface area contributed by atoms with Gasteiger partial charge in [0.25, 0.3) is 11.4 Å². The van der Waals surface area contributed by atoms with E-state index >= 15 is 0 Å². The van der Waals surface area contributed by atoms with E-state index < -0.39 is 66.8 Å². The highest BCUT2D eigenvalue weighted by Gasteiger charge is 2.43. The van der Waals surface area contributed by atoms with Crippen LogP contribution in [0, 0.1) is 41.0 Å². The summed E-state index contributed by atoms with van der Waals surface area (Å²) in [5, 5.41) is 52.3. The summed E-state index contributed by atoms with van der Waals surface area (Å²) in [7, 11) is 0. The summed E-state index contributed by atoms with van der Waals surface area (Å²) in [6.45, 7) is 4.49. The van der Waals surface area contributed by atoms with Crippen molar-refractivity contribution in [3.63, 3.8) is 0 Å². The Kier molecular flexibility index (Phi) is 7.04. The molecule has 7 N–H and O–H groups in total. The maximum atomic E-state index is 12.9. The monoisotopic (exact) mass is 626 g/mol. The van der Waals surface area contributed by atoms with Crippen LogP contribution in [0.15, 0.2) is 36.4 Å². The van der Waals surface area contributed by atoms with Gasteiger partial charge in [-0.05, 0) is 62.2 Å². The Morgan fingerprint density at radius 1 is 0.543 bits per heavy atom. The number of fused-ring (bicyclic) bond motifs is 4. The molecule has 15 nitrogen and oxygen atoms in total. The fourth-order valence-corrected chi connectivity index (χ4v) is 5.85. The normalized spacial score (nSPS) is 12.8. The third-order valence-electron chi connectivity index (χ3n) is 7.80. The molecule has 0 heterocycles. The number of aryl methyl sites for hydroxylation is 3. The molecule has 15 heteroatoms. The van der Waals surface area contributed by atoms with Crippen molar-refractivity contribution in [3.05, 3.63) is 118 Å². The van der Waals surface area contributed by atoms with Crippen molar-refractivity contribution in [1.29, 1.82) is 0 Å². The molecule has 46 heavy (non-hydrogen) atoms. The second-order valence-electron chi connectivity index (χ2n) is 10.6. The van der Waals surface area contributed by atoms with Crippen LogP contribution in [-0.2, 0) is 0 Å². The molecular weight excluding hydrogens is 604 g/mol. The van der Waals surface area contributed by atoms with Crippen LogP contribution < -0.4 is 11.5 Å². The van der Waals surface area contributed by atoms with Gasteiger partial charge in [0.2, 0.25) is 5.78 Å². The van der Waals surface area contributed by atoms with E-state index in [1.165, 1.54) is 38.1 Å². The van der Waals surface area contributed by atoms with Crippen molar-refractivity contribution in [1.82, 2.24) is 0 Å². The molecule has 0 bridgehead atoms. The molecule has 0 fully saturated rings. The maximum absolute atomic E-state index is 12.9. The fraction of sp³-hybridized carbons (Fsp3) is 0.0968. The SMILES string of the molecule is Cc1cc(C)c([N+](=O)[O-])c2c1C(=O)c1c(O)ccc([N+](=O)[O-])c1C2=O.Cc1cc(O)c(N)c2c1C(=O)c1c(O)ccc(N)c1C2=O. The molecular formula is C31H22N4O11. The minimum Gasteiger partial charge on any atom is -0.507 e. The van der Waals surface area contributed by atoms with Crippen LogP contribution in [0.3, 0.4) is 0 Å². The zero-order valence-electron chi connectivity index (χ0n) is 24.1. The maximum Gasteiger partial charge on any atom is 0.284 e. The van der Waals surface area contributed by atoms with E-state index in [0.29, 0.717) is 11.1 Å². The van der Waals surface area contributed by atoms with E-state index in [0.717, 1.165) is 12.1 Å². The summed E-state index contributed by atoms with van der Waals surface area (Å²) in [6, 6.07) is 7.15. The second-order valence-corrected chi connectivity index (χ2v) is 10.6. The third kappa shape index (κ3) is 4.29. The number of aromatic hydroxyl groups is 3. The molecule has 0 amide bonds. The first-order valence-corrected chi connectivity index (χ1v) is 13.2. The van der Waals surface area contributed by atoms with Crippen LogP contribution in [0.4, 0.5) is 22.7 Å². The number of anilines is 2. The van der Waals surface area contributed by atoms with Crippen molar-refractivity contribution in [2.24, 2.45) is 0 Å². The van der Waals surface area contributed by atoms with Crippen molar-refractivity contribution in [2.45, 2.75) is 20.8 Å². The summed E-state index contributed by atoms with van der Waals surface area (Å²) in [5.74, 6) is -4.16. The number of carbonyl (C=O) groups is 4. The van der Waals surface area contributed by atoms with E-state index in [1.54, 1.807) is 6.92 Å². The smallest absolute Gasteiger partial charge is 0.284 e. The quantitative estimate of drug-likeness (QED) is 0.0599. The second kappa shape index (κ2) is 10.5. The summed E-state index contributed by atoms with van der Waals surface area (Å²) in [5.41, 5.74) is 9.02. The van der Waals surface area contributed by atoms with Gasteiger partial charge in [0.15, 0.2) is 17.3 Å². The van der Waals surface area contributed by atoms with Crippen LogP contribution >= 0.6 is 0 Å². The molecule has 6 rings (SSSR count). The molecule has 0 atom stereocenters. The minimum atomic E-state index is -1.02. The van der Waals surface area contributed by atoms with Gasteiger partial charge in [-0.15, -0.1) is 0 Å². The summed E-state index contributed by atoms with van der Waals surface area (Å²) < 4.78 is 0. The number of hydrogen-bond acceptors (Lipinski definition) is 13.